The van der Waals surface area contributed by atoms with Crippen molar-refractivity contribution in [3.8, 4) is 0 Å². The lowest BCUT2D eigenvalue weighted by Crippen LogP contribution is -2.14. The second-order valence-electron chi connectivity index (χ2n) is 3.16. The van der Waals surface area contributed by atoms with Gasteiger partial charge in [-0.1, -0.05) is 20.8 Å². The monoisotopic (exact) mass is 142 g/mol. The van der Waals surface area contributed by atoms with E-state index in [9.17, 15) is 0 Å². The summed E-state index contributed by atoms with van der Waals surface area (Å²) in [5.74, 6) is 1.87. The van der Waals surface area contributed by atoms with E-state index in [0.717, 1.165) is 18.4 Å². The van der Waals surface area contributed by atoms with Crippen molar-refractivity contribution >= 4 is 0 Å². The minimum atomic E-state index is 0.648. The van der Waals surface area contributed by atoms with E-state index in [1.807, 2.05) is 13.8 Å². The summed E-state index contributed by atoms with van der Waals surface area (Å²) in [5, 5.41) is 0. The van der Waals surface area contributed by atoms with Gasteiger partial charge in [0.15, 0.2) is 0 Å². The molecule has 0 spiro atoms. The van der Waals surface area contributed by atoms with E-state index in [2.05, 4.69) is 6.92 Å². The van der Waals surface area contributed by atoms with Crippen molar-refractivity contribution in [1.82, 2.24) is 0 Å². The minimum Gasteiger partial charge on any atom is -0.378 e. The first-order chi connectivity index (χ1) is 4.86. The Bertz CT molecular complexity index is 98.9. The summed E-state index contributed by atoms with van der Waals surface area (Å²) in [6, 6.07) is 0. The van der Waals surface area contributed by atoms with E-state index in [0.29, 0.717) is 6.10 Å². The zero-order valence-electron chi connectivity index (χ0n) is 7.26. The molecule has 1 heterocycles. The molecule has 0 N–H and O–H groups in total. The molecule has 1 saturated heterocycles. The lowest BCUT2D eigenvalue weighted by molar-refractivity contribution is 0.0568. The summed E-state index contributed by atoms with van der Waals surface area (Å²) in [6.07, 6.45) is 3.32. The Kier molecular flexibility index (Phi) is 2.72. The first-order valence-electron chi connectivity index (χ1n) is 4.48. The van der Waals surface area contributed by atoms with E-state index in [1.165, 1.54) is 12.8 Å². The van der Waals surface area contributed by atoms with Gasteiger partial charge in [0, 0.05) is 0 Å². The van der Waals surface area contributed by atoms with Gasteiger partial charge in [0.2, 0.25) is 0 Å². The Balaban J connectivity index is 0.000000231. The molecule has 1 heteroatoms. The predicted octanol–water partition coefficient (Wildman–Crippen LogP) is 2.46. The summed E-state index contributed by atoms with van der Waals surface area (Å²) in [7, 11) is 0. The van der Waals surface area contributed by atoms with Crippen molar-refractivity contribution in [2.45, 2.75) is 39.7 Å². The maximum Gasteiger partial charge on any atom is 0.0581 e. The highest BCUT2D eigenvalue weighted by atomic mass is 16.5. The van der Waals surface area contributed by atoms with Crippen molar-refractivity contribution in [2.24, 2.45) is 11.8 Å². The number of ether oxygens (including phenoxy) is 1. The molecule has 1 nitrogen and oxygen atoms in total. The molecule has 0 aromatic carbocycles. The quantitative estimate of drug-likeness (QED) is 0.505. The number of fused-ring (bicyclic) bond motifs is 2. The average molecular weight is 142 g/mol. The summed E-state index contributed by atoms with van der Waals surface area (Å²) in [6.45, 7) is 7.39. The zero-order valence-corrected chi connectivity index (χ0v) is 7.26. The second-order valence-corrected chi connectivity index (χ2v) is 3.16. The largest absolute Gasteiger partial charge is 0.378 e. The second kappa shape index (κ2) is 3.38. The molecule has 2 rings (SSSR count). The van der Waals surface area contributed by atoms with Crippen molar-refractivity contribution in [3.63, 3.8) is 0 Å². The molecule has 2 aliphatic rings. The fraction of sp³-hybridized carbons (Fsp3) is 1.00. The highest BCUT2D eigenvalue weighted by molar-refractivity contribution is 4.86. The summed E-state index contributed by atoms with van der Waals surface area (Å²) in [5.41, 5.74) is 0. The first-order valence-corrected chi connectivity index (χ1v) is 4.48. The third-order valence-corrected chi connectivity index (χ3v) is 2.55. The zero-order chi connectivity index (χ0) is 7.56. The van der Waals surface area contributed by atoms with E-state index >= 15 is 0 Å². The highest BCUT2D eigenvalue weighted by Crippen LogP contribution is 2.39. The average Bonchev–Trinajstić information content (AvgIpc) is 2.52. The van der Waals surface area contributed by atoms with E-state index in [1.54, 1.807) is 0 Å². The van der Waals surface area contributed by atoms with Crippen LogP contribution in [0, 0.1) is 11.8 Å². The van der Waals surface area contributed by atoms with Gasteiger partial charge >= 0.3 is 0 Å². The number of hydrogen-bond acceptors (Lipinski definition) is 1. The fourth-order valence-corrected chi connectivity index (χ4v) is 1.90. The molecule has 3 atom stereocenters. The van der Waals surface area contributed by atoms with E-state index in [-0.39, 0.29) is 0 Å². The topological polar surface area (TPSA) is 9.23 Å². The van der Waals surface area contributed by atoms with Gasteiger partial charge in [-0.05, 0) is 24.7 Å². The minimum absolute atomic E-state index is 0.648. The van der Waals surface area contributed by atoms with Crippen molar-refractivity contribution in [2.75, 3.05) is 6.61 Å². The Morgan fingerprint density at radius 1 is 1.20 bits per heavy atom. The maximum absolute atomic E-state index is 5.42. The van der Waals surface area contributed by atoms with Crippen LogP contribution in [0.3, 0.4) is 0 Å². The summed E-state index contributed by atoms with van der Waals surface area (Å²) in [4.78, 5) is 0. The van der Waals surface area contributed by atoms with Crippen LogP contribution in [0.25, 0.3) is 0 Å². The third kappa shape index (κ3) is 1.34. The predicted molar refractivity (Wildman–Crippen MR) is 43.0 cm³/mol. The molecule has 60 valence electrons. The standard InChI is InChI=1S/C7H12O.C2H6/c1-5-2-7-3-6(5)4-8-7;1-2/h5-7H,2-4H2,1H3;1-2H3. The van der Waals surface area contributed by atoms with Crippen LogP contribution < -0.4 is 0 Å². The van der Waals surface area contributed by atoms with Crippen LogP contribution in [-0.2, 0) is 4.74 Å². The molecule has 0 amide bonds. The summed E-state index contributed by atoms with van der Waals surface area (Å²) < 4.78 is 5.42. The van der Waals surface area contributed by atoms with E-state index < -0.39 is 0 Å². The lowest BCUT2D eigenvalue weighted by Gasteiger charge is -2.16. The fourth-order valence-electron chi connectivity index (χ4n) is 1.90. The van der Waals surface area contributed by atoms with E-state index in [4.69, 9.17) is 4.74 Å². The van der Waals surface area contributed by atoms with Gasteiger partial charge in [-0.3, -0.25) is 0 Å². The number of rotatable bonds is 0. The van der Waals surface area contributed by atoms with Gasteiger partial charge in [-0.15, -0.1) is 0 Å². The normalized spacial score (nSPS) is 42.9. The SMILES string of the molecule is CC.CC1CC2CC1CO2. The van der Waals surface area contributed by atoms with Crippen LogP contribution in [0.15, 0.2) is 0 Å². The Morgan fingerprint density at radius 2 is 1.90 bits per heavy atom. The molecular weight excluding hydrogens is 124 g/mol. The third-order valence-electron chi connectivity index (χ3n) is 2.55. The lowest BCUT2D eigenvalue weighted by atomic mass is 9.99. The molecule has 0 aromatic rings. The molecule has 1 aliphatic heterocycles. The summed E-state index contributed by atoms with van der Waals surface area (Å²) >= 11 is 0. The Hall–Kier alpha value is -0.0400. The number of hydrogen-bond donors (Lipinski definition) is 0. The van der Waals surface area contributed by atoms with Gasteiger partial charge in [-0.25, -0.2) is 0 Å². The Labute approximate surface area is 63.8 Å². The highest BCUT2D eigenvalue weighted by Gasteiger charge is 2.37. The van der Waals surface area contributed by atoms with Gasteiger partial charge in [0.25, 0.3) is 0 Å². The first kappa shape index (κ1) is 8.06. The van der Waals surface area contributed by atoms with Crippen molar-refractivity contribution in [3.05, 3.63) is 0 Å². The van der Waals surface area contributed by atoms with Gasteiger partial charge < -0.3 is 4.74 Å². The van der Waals surface area contributed by atoms with Gasteiger partial charge in [0.1, 0.15) is 0 Å². The van der Waals surface area contributed by atoms with Crippen LogP contribution >= 0.6 is 0 Å². The molecule has 2 fully saturated rings. The molecule has 0 aromatic heterocycles. The van der Waals surface area contributed by atoms with Crippen LogP contribution in [0.4, 0.5) is 0 Å². The molecule has 3 unspecified atom stereocenters. The van der Waals surface area contributed by atoms with Gasteiger partial charge in [-0.2, -0.15) is 0 Å². The smallest absolute Gasteiger partial charge is 0.0581 e. The molecule has 1 aliphatic carbocycles. The molecule has 0 radical (unpaired) electrons. The van der Waals surface area contributed by atoms with Crippen LogP contribution in [0.5, 0.6) is 0 Å². The molecule has 1 saturated carbocycles. The van der Waals surface area contributed by atoms with Crippen molar-refractivity contribution < 1.29 is 4.74 Å². The molecular formula is C9H18O. The van der Waals surface area contributed by atoms with Gasteiger partial charge in [0.05, 0.1) is 12.7 Å². The molecule has 10 heavy (non-hydrogen) atoms. The van der Waals surface area contributed by atoms with Crippen LogP contribution in [0.2, 0.25) is 0 Å². The van der Waals surface area contributed by atoms with Crippen LogP contribution in [-0.4, -0.2) is 12.7 Å². The Morgan fingerprint density at radius 3 is 2.10 bits per heavy atom. The molecule has 2 bridgehead atoms. The maximum atomic E-state index is 5.42. The van der Waals surface area contributed by atoms with Crippen LogP contribution in [0.1, 0.15) is 33.6 Å². The van der Waals surface area contributed by atoms with Crippen molar-refractivity contribution in [1.29, 1.82) is 0 Å².